The molecule has 146 valence electrons. The Morgan fingerprint density at radius 3 is 2.61 bits per heavy atom. The second-order valence-electron chi connectivity index (χ2n) is 6.90. The van der Waals surface area contributed by atoms with E-state index in [9.17, 15) is 4.79 Å². The molecule has 2 N–H and O–H groups in total. The summed E-state index contributed by atoms with van der Waals surface area (Å²) in [5, 5.41) is 11.0. The quantitative estimate of drug-likeness (QED) is 0.695. The van der Waals surface area contributed by atoms with Gasteiger partial charge in [-0.25, -0.2) is 0 Å². The number of hydrogen-bond acceptors (Lipinski definition) is 3. The zero-order valence-electron chi connectivity index (χ0n) is 15.7. The molecule has 5 nitrogen and oxygen atoms in total. The van der Waals surface area contributed by atoms with E-state index in [-0.39, 0.29) is 18.3 Å². The van der Waals surface area contributed by atoms with Gasteiger partial charge in [0, 0.05) is 13.1 Å². The summed E-state index contributed by atoms with van der Waals surface area (Å²) in [7, 11) is 0. The molecule has 4 rings (SSSR count). The van der Waals surface area contributed by atoms with Crippen molar-refractivity contribution >= 4 is 18.3 Å². The summed E-state index contributed by atoms with van der Waals surface area (Å²) < 4.78 is 2.05. The van der Waals surface area contributed by atoms with Crippen LogP contribution < -0.4 is 10.6 Å². The molecule has 0 atom stereocenters. The Bertz CT molecular complexity index is 883. The van der Waals surface area contributed by atoms with Crippen molar-refractivity contribution in [2.45, 2.75) is 32.5 Å². The number of rotatable bonds is 5. The topological polar surface area (TPSA) is 59.0 Å². The van der Waals surface area contributed by atoms with Crippen LogP contribution in [0.25, 0.3) is 11.1 Å². The SMILES string of the molecule is Cl.O=C(Cc1ccc(-c2ccccc2)cc1)NCc1cc2n(n1)CCCNC2. The monoisotopic (exact) mass is 396 g/mol. The van der Waals surface area contributed by atoms with Gasteiger partial charge in [-0.2, -0.15) is 5.10 Å². The number of nitrogens with zero attached hydrogens (tertiary/aromatic N) is 2. The van der Waals surface area contributed by atoms with Crippen molar-refractivity contribution in [3.05, 3.63) is 77.6 Å². The maximum absolute atomic E-state index is 12.3. The highest BCUT2D eigenvalue weighted by Crippen LogP contribution is 2.19. The number of hydrogen-bond donors (Lipinski definition) is 2. The Morgan fingerprint density at radius 2 is 1.82 bits per heavy atom. The van der Waals surface area contributed by atoms with Crippen molar-refractivity contribution in [2.75, 3.05) is 6.54 Å². The van der Waals surface area contributed by atoms with E-state index < -0.39 is 0 Å². The molecule has 1 amide bonds. The first-order valence-corrected chi connectivity index (χ1v) is 9.45. The molecule has 3 aromatic rings. The third kappa shape index (κ3) is 5.00. The minimum absolute atomic E-state index is 0. The van der Waals surface area contributed by atoms with Gasteiger partial charge >= 0.3 is 0 Å². The molecule has 0 saturated carbocycles. The van der Waals surface area contributed by atoms with Gasteiger partial charge in [0.05, 0.1) is 24.4 Å². The van der Waals surface area contributed by atoms with Gasteiger partial charge in [0.25, 0.3) is 0 Å². The van der Waals surface area contributed by atoms with Crippen LogP contribution in [0.5, 0.6) is 0 Å². The molecule has 0 unspecified atom stereocenters. The smallest absolute Gasteiger partial charge is 0.224 e. The zero-order chi connectivity index (χ0) is 18.5. The number of benzene rings is 2. The molecular weight excluding hydrogens is 372 g/mol. The third-order valence-electron chi connectivity index (χ3n) is 4.84. The summed E-state index contributed by atoms with van der Waals surface area (Å²) in [5.74, 6) is 0.0174. The van der Waals surface area contributed by atoms with Crippen molar-refractivity contribution in [1.29, 1.82) is 0 Å². The van der Waals surface area contributed by atoms with Gasteiger partial charge in [-0.1, -0.05) is 54.6 Å². The standard InChI is InChI=1S/C22H24N4O.ClH/c27-22(24-15-20-14-21-16-23-11-4-12-26(21)25-20)13-17-7-9-19(10-8-17)18-5-2-1-3-6-18;/h1-3,5-10,14,23H,4,11-13,15-16H2,(H,24,27);1H. The van der Waals surface area contributed by atoms with Gasteiger partial charge in [-0.15, -0.1) is 12.4 Å². The van der Waals surface area contributed by atoms with Crippen LogP contribution in [0, 0.1) is 0 Å². The molecule has 1 aromatic heterocycles. The van der Waals surface area contributed by atoms with E-state index in [4.69, 9.17) is 0 Å². The Hall–Kier alpha value is -2.63. The first-order valence-electron chi connectivity index (χ1n) is 9.45. The van der Waals surface area contributed by atoms with E-state index in [1.54, 1.807) is 0 Å². The predicted octanol–water partition coefficient (Wildman–Crippen LogP) is 3.32. The first-order chi connectivity index (χ1) is 13.3. The van der Waals surface area contributed by atoms with E-state index in [1.807, 2.05) is 35.0 Å². The van der Waals surface area contributed by atoms with E-state index in [2.05, 4.69) is 46.1 Å². The molecule has 0 saturated heterocycles. The number of fused-ring (bicyclic) bond motifs is 1. The number of carbonyl (C=O) groups excluding carboxylic acids is 1. The van der Waals surface area contributed by atoms with Gasteiger partial charge in [0.2, 0.25) is 5.91 Å². The van der Waals surface area contributed by atoms with Crippen LogP contribution in [0.2, 0.25) is 0 Å². The molecule has 0 fully saturated rings. The fraction of sp³-hybridized carbons (Fsp3) is 0.273. The lowest BCUT2D eigenvalue weighted by Crippen LogP contribution is -2.24. The average Bonchev–Trinajstić information content (AvgIpc) is 2.97. The van der Waals surface area contributed by atoms with Crippen molar-refractivity contribution in [3.8, 4) is 11.1 Å². The van der Waals surface area contributed by atoms with E-state index in [0.717, 1.165) is 42.9 Å². The summed E-state index contributed by atoms with van der Waals surface area (Å²) in [6, 6.07) is 20.5. The molecule has 0 aliphatic carbocycles. The lowest BCUT2D eigenvalue weighted by molar-refractivity contribution is -0.120. The highest BCUT2D eigenvalue weighted by atomic mass is 35.5. The maximum Gasteiger partial charge on any atom is 0.224 e. The van der Waals surface area contributed by atoms with Crippen LogP contribution in [0.4, 0.5) is 0 Å². The van der Waals surface area contributed by atoms with Crippen molar-refractivity contribution < 1.29 is 4.79 Å². The number of halogens is 1. The van der Waals surface area contributed by atoms with Crippen molar-refractivity contribution in [3.63, 3.8) is 0 Å². The van der Waals surface area contributed by atoms with Crippen LogP contribution in [0.1, 0.15) is 23.4 Å². The summed E-state index contributed by atoms with van der Waals surface area (Å²) in [6.07, 6.45) is 1.46. The Labute approximate surface area is 171 Å². The zero-order valence-corrected chi connectivity index (χ0v) is 16.5. The number of aromatic nitrogens is 2. The van der Waals surface area contributed by atoms with Crippen LogP contribution in [0.3, 0.4) is 0 Å². The molecular formula is C22H25ClN4O. The van der Waals surface area contributed by atoms with Crippen LogP contribution in [-0.4, -0.2) is 22.2 Å². The molecule has 28 heavy (non-hydrogen) atoms. The molecule has 2 heterocycles. The minimum Gasteiger partial charge on any atom is -0.350 e. The number of amides is 1. The van der Waals surface area contributed by atoms with E-state index >= 15 is 0 Å². The molecule has 0 radical (unpaired) electrons. The summed E-state index contributed by atoms with van der Waals surface area (Å²) in [5.41, 5.74) is 5.46. The Morgan fingerprint density at radius 1 is 1.07 bits per heavy atom. The lowest BCUT2D eigenvalue weighted by Gasteiger charge is -2.06. The summed E-state index contributed by atoms with van der Waals surface area (Å²) >= 11 is 0. The summed E-state index contributed by atoms with van der Waals surface area (Å²) in [4.78, 5) is 12.3. The van der Waals surface area contributed by atoms with Crippen molar-refractivity contribution in [2.24, 2.45) is 0 Å². The fourth-order valence-electron chi connectivity index (χ4n) is 3.39. The summed E-state index contributed by atoms with van der Waals surface area (Å²) in [6.45, 7) is 3.28. The van der Waals surface area contributed by atoms with Crippen LogP contribution in [0.15, 0.2) is 60.7 Å². The van der Waals surface area contributed by atoms with Crippen LogP contribution >= 0.6 is 12.4 Å². The molecule has 1 aliphatic heterocycles. The van der Waals surface area contributed by atoms with Crippen LogP contribution in [-0.2, 0) is 30.8 Å². The molecule has 1 aliphatic rings. The molecule has 0 spiro atoms. The van der Waals surface area contributed by atoms with Gasteiger partial charge in [-0.05, 0) is 35.7 Å². The second-order valence-corrected chi connectivity index (χ2v) is 6.90. The average molecular weight is 397 g/mol. The van der Waals surface area contributed by atoms with E-state index in [0.29, 0.717) is 13.0 Å². The number of nitrogens with one attached hydrogen (secondary N) is 2. The highest BCUT2D eigenvalue weighted by molar-refractivity contribution is 5.85. The van der Waals surface area contributed by atoms with Gasteiger partial charge in [-0.3, -0.25) is 9.48 Å². The first kappa shape index (κ1) is 20.1. The largest absolute Gasteiger partial charge is 0.350 e. The number of carbonyl (C=O) groups is 1. The Kier molecular flexibility index (Phi) is 6.85. The maximum atomic E-state index is 12.3. The lowest BCUT2D eigenvalue weighted by atomic mass is 10.0. The Balaban J connectivity index is 0.00000225. The highest BCUT2D eigenvalue weighted by Gasteiger charge is 2.11. The second kappa shape index (κ2) is 9.53. The van der Waals surface area contributed by atoms with Gasteiger partial charge < -0.3 is 10.6 Å². The fourth-order valence-corrected chi connectivity index (χ4v) is 3.39. The molecule has 0 bridgehead atoms. The van der Waals surface area contributed by atoms with Crippen molar-refractivity contribution in [1.82, 2.24) is 20.4 Å². The predicted molar refractivity (Wildman–Crippen MR) is 113 cm³/mol. The minimum atomic E-state index is 0. The van der Waals surface area contributed by atoms with Gasteiger partial charge in [0.15, 0.2) is 0 Å². The molecule has 6 heteroatoms. The normalized spacial score (nSPS) is 13.1. The van der Waals surface area contributed by atoms with Gasteiger partial charge in [0.1, 0.15) is 0 Å². The molecule has 2 aromatic carbocycles. The number of aryl methyl sites for hydroxylation is 1. The third-order valence-corrected chi connectivity index (χ3v) is 4.84. The van der Waals surface area contributed by atoms with E-state index in [1.165, 1.54) is 11.3 Å².